The SMILES string of the molecule is CC(C)(C)c1cc(-n2c3cc(N(c4ccccc4)c4ccc5c(c4)oc4cc6c(cc45)oc4cc5c(cc46)oc4cc(N(c6ccccc6)c6ccc7c8c9ccccc9ccc8n(-c8cc(C(C)(C)C)cc(C(C)(C)C)c8)c7c6)ccc45)ccc3c3c4ccccc4ccc32)cc(C(C)(C)C)c1. The van der Waals surface area contributed by atoms with Crippen molar-refractivity contribution in [1.82, 2.24) is 9.13 Å². The van der Waals surface area contributed by atoms with Gasteiger partial charge in [-0.3, -0.25) is 0 Å². The molecule has 0 saturated heterocycles. The molecule has 0 radical (unpaired) electrons. The third-order valence-electron chi connectivity index (χ3n) is 21.8. The third kappa shape index (κ3) is 10.1. The first kappa shape index (κ1) is 62.2. The molecular formula is C96H80N4O3. The number of furan rings is 3. The van der Waals surface area contributed by atoms with Crippen LogP contribution < -0.4 is 9.80 Å². The molecule has 502 valence electrons. The maximum absolute atomic E-state index is 7.01. The van der Waals surface area contributed by atoms with Crippen molar-refractivity contribution < 1.29 is 13.3 Å². The molecule has 103 heavy (non-hydrogen) atoms. The van der Waals surface area contributed by atoms with E-state index in [0.717, 1.165) is 122 Å². The number of para-hydroxylation sites is 2. The molecule has 0 aliphatic rings. The van der Waals surface area contributed by atoms with E-state index in [0.29, 0.717) is 0 Å². The molecule has 5 heterocycles. The van der Waals surface area contributed by atoms with Crippen LogP contribution in [0.25, 0.3) is 142 Å². The summed E-state index contributed by atoms with van der Waals surface area (Å²) in [6.07, 6.45) is 0. The van der Waals surface area contributed by atoms with Crippen LogP contribution in [0.1, 0.15) is 105 Å². The highest BCUT2D eigenvalue weighted by molar-refractivity contribution is 6.24. The summed E-state index contributed by atoms with van der Waals surface area (Å²) in [6.45, 7) is 27.8. The van der Waals surface area contributed by atoms with Crippen LogP contribution in [0.3, 0.4) is 0 Å². The zero-order valence-electron chi connectivity index (χ0n) is 60.4. The van der Waals surface area contributed by atoms with E-state index in [9.17, 15) is 0 Å². The van der Waals surface area contributed by atoms with Crippen molar-refractivity contribution in [3.8, 4) is 11.4 Å². The smallest absolute Gasteiger partial charge is 0.137 e. The van der Waals surface area contributed by atoms with Gasteiger partial charge < -0.3 is 32.2 Å². The Morgan fingerprint density at radius 2 is 0.524 bits per heavy atom. The second kappa shape index (κ2) is 22.3. The minimum atomic E-state index is -0.0627. The van der Waals surface area contributed by atoms with E-state index in [1.807, 2.05) is 0 Å². The highest BCUT2D eigenvalue weighted by Crippen LogP contribution is 2.49. The maximum atomic E-state index is 7.01. The van der Waals surface area contributed by atoms with Gasteiger partial charge in [0.2, 0.25) is 0 Å². The quantitative estimate of drug-likeness (QED) is 0.152. The summed E-state index contributed by atoms with van der Waals surface area (Å²) in [4.78, 5) is 4.71. The lowest BCUT2D eigenvalue weighted by Crippen LogP contribution is -2.17. The summed E-state index contributed by atoms with van der Waals surface area (Å²) >= 11 is 0. The van der Waals surface area contributed by atoms with E-state index in [-0.39, 0.29) is 21.7 Å². The van der Waals surface area contributed by atoms with Gasteiger partial charge in [-0.25, -0.2) is 0 Å². The van der Waals surface area contributed by atoms with Crippen LogP contribution in [-0.4, -0.2) is 9.13 Å². The second-order valence-corrected chi connectivity index (χ2v) is 32.7. The lowest BCUT2D eigenvalue weighted by molar-refractivity contribution is 0.567. The average molecular weight is 1340 g/mol. The molecule has 14 aromatic carbocycles. The summed E-state index contributed by atoms with van der Waals surface area (Å²) in [5.41, 5.74) is 22.8. The second-order valence-electron chi connectivity index (χ2n) is 32.7. The zero-order valence-corrected chi connectivity index (χ0v) is 60.4. The molecule has 7 nitrogen and oxygen atoms in total. The van der Waals surface area contributed by atoms with Crippen molar-refractivity contribution in [3.63, 3.8) is 0 Å². The number of nitrogens with zero attached hydrogens (tertiary/aromatic N) is 4. The Labute approximate surface area is 599 Å². The molecule has 0 saturated carbocycles. The molecule has 19 rings (SSSR count). The molecule has 5 aromatic heterocycles. The molecule has 0 amide bonds. The summed E-state index contributed by atoms with van der Waals surface area (Å²) in [7, 11) is 0. The van der Waals surface area contributed by atoms with Crippen LogP contribution >= 0.6 is 0 Å². The van der Waals surface area contributed by atoms with Crippen molar-refractivity contribution >= 4 is 165 Å². The van der Waals surface area contributed by atoms with Crippen molar-refractivity contribution in [2.24, 2.45) is 0 Å². The largest absolute Gasteiger partial charge is 0.456 e. The summed E-state index contributed by atoms with van der Waals surface area (Å²) < 4.78 is 25.9. The maximum Gasteiger partial charge on any atom is 0.137 e. The van der Waals surface area contributed by atoms with E-state index >= 15 is 0 Å². The Morgan fingerprint density at radius 3 is 0.874 bits per heavy atom. The van der Waals surface area contributed by atoms with Crippen LogP contribution in [0.4, 0.5) is 34.1 Å². The Balaban J connectivity index is 0.718. The Kier molecular flexibility index (Phi) is 13.5. The molecule has 0 atom stereocenters. The fourth-order valence-electron chi connectivity index (χ4n) is 16.2. The molecule has 7 heteroatoms. The number of hydrogen-bond acceptors (Lipinski definition) is 5. The normalized spacial score (nSPS) is 12.9. The van der Waals surface area contributed by atoms with Gasteiger partial charge in [0.1, 0.15) is 33.5 Å². The monoisotopic (exact) mass is 1340 g/mol. The van der Waals surface area contributed by atoms with Crippen molar-refractivity contribution in [1.29, 1.82) is 0 Å². The van der Waals surface area contributed by atoms with Gasteiger partial charge in [-0.15, -0.1) is 0 Å². The van der Waals surface area contributed by atoms with Gasteiger partial charge in [-0.2, -0.15) is 0 Å². The van der Waals surface area contributed by atoms with E-state index in [1.165, 1.54) is 76.4 Å². The van der Waals surface area contributed by atoms with Gasteiger partial charge in [0.25, 0.3) is 0 Å². The number of rotatable bonds is 8. The molecule has 0 aliphatic heterocycles. The van der Waals surface area contributed by atoms with Gasteiger partial charge in [0.05, 0.1) is 22.1 Å². The molecule has 19 aromatic rings. The highest BCUT2D eigenvalue weighted by Gasteiger charge is 2.29. The molecule has 0 aliphatic carbocycles. The standard InChI is InChI=1S/C96H80N4O3/c1-93(2,3)59-43-60(94(4,5)6)46-69(45-59)99-81-41-31-57-23-19-21-29-71(57)91(81)75-39-35-65(49-83(75)99)97(63-25-15-13-16-26-63)67-33-37-73-77-53-89-79(55-87(77)101-85(73)51-67)80-56-88-78(54-90(80)103-89)74-38-34-68(52-86(74)102-88)98(64-27-17-14-18-28-64)66-36-40-76-84(50-66)100(82-42-32-58-24-20-22-30-72(58)92(76)82)70-47-61(95(7,8)9)44-62(48-70)96(10,11)12/h13-56H,1-12H3. The predicted octanol–water partition coefficient (Wildman–Crippen LogP) is 28.0. The van der Waals surface area contributed by atoms with Crippen LogP contribution in [0, 0.1) is 0 Å². The summed E-state index contributed by atoms with van der Waals surface area (Å²) in [6, 6.07) is 98.4. The van der Waals surface area contributed by atoms with Gasteiger partial charge in [0.15, 0.2) is 0 Å². The van der Waals surface area contributed by atoms with Crippen molar-refractivity contribution in [2.45, 2.75) is 105 Å². The van der Waals surface area contributed by atoms with Gasteiger partial charge in [-0.1, -0.05) is 204 Å². The van der Waals surface area contributed by atoms with Crippen LogP contribution in [-0.2, 0) is 21.7 Å². The fraction of sp³-hybridized carbons (Fsp3) is 0.167. The van der Waals surface area contributed by atoms with E-state index < -0.39 is 0 Å². The third-order valence-corrected chi connectivity index (χ3v) is 21.8. The molecular weight excluding hydrogens is 1260 g/mol. The first-order valence-electron chi connectivity index (χ1n) is 36.2. The van der Waals surface area contributed by atoms with Gasteiger partial charge >= 0.3 is 0 Å². The number of hydrogen-bond donors (Lipinski definition) is 0. The van der Waals surface area contributed by atoms with E-state index in [2.05, 4.69) is 369 Å². The Bertz CT molecular complexity index is 6250. The van der Waals surface area contributed by atoms with E-state index in [1.54, 1.807) is 0 Å². The molecule has 0 spiro atoms. The summed E-state index contributed by atoms with van der Waals surface area (Å²) in [5.74, 6) is 0. The van der Waals surface area contributed by atoms with Crippen molar-refractivity contribution in [2.75, 3.05) is 9.80 Å². The lowest BCUT2D eigenvalue weighted by atomic mass is 9.80. The number of aromatic nitrogens is 2. The van der Waals surface area contributed by atoms with Crippen molar-refractivity contribution in [3.05, 3.63) is 289 Å². The molecule has 0 bridgehead atoms. The molecule has 0 unspecified atom stereocenters. The molecule has 0 N–H and O–H groups in total. The Hall–Kier alpha value is -11.8. The Morgan fingerprint density at radius 1 is 0.223 bits per heavy atom. The minimum absolute atomic E-state index is 0.0627. The predicted molar refractivity (Wildman–Crippen MR) is 436 cm³/mol. The highest BCUT2D eigenvalue weighted by atomic mass is 16.3. The van der Waals surface area contributed by atoms with Gasteiger partial charge in [-0.05, 0) is 199 Å². The number of anilines is 6. The minimum Gasteiger partial charge on any atom is -0.456 e. The topological polar surface area (TPSA) is 55.8 Å². The zero-order chi connectivity index (χ0) is 70.3. The van der Waals surface area contributed by atoms with Gasteiger partial charge in [0, 0.05) is 111 Å². The fourth-order valence-corrected chi connectivity index (χ4v) is 16.2. The van der Waals surface area contributed by atoms with Crippen LogP contribution in [0.15, 0.2) is 280 Å². The van der Waals surface area contributed by atoms with Crippen LogP contribution in [0.2, 0.25) is 0 Å². The first-order chi connectivity index (χ1) is 49.5. The number of fused-ring (bicyclic) bond motifs is 19. The van der Waals surface area contributed by atoms with E-state index in [4.69, 9.17) is 13.3 Å². The first-order valence-corrected chi connectivity index (χ1v) is 36.2. The number of benzene rings is 14. The average Bonchev–Trinajstić information content (AvgIpc) is 1.58. The molecule has 0 fully saturated rings. The van der Waals surface area contributed by atoms with Crippen LogP contribution in [0.5, 0.6) is 0 Å². The lowest BCUT2D eigenvalue weighted by Gasteiger charge is -2.27. The summed E-state index contributed by atoms with van der Waals surface area (Å²) in [5, 5.41) is 15.8.